The van der Waals surface area contributed by atoms with E-state index in [0.717, 1.165) is 13.1 Å². The van der Waals surface area contributed by atoms with Gasteiger partial charge in [0.25, 0.3) is 0 Å². The van der Waals surface area contributed by atoms with Gasteiger partial charge >= 0.3 is 0 Å². The molecule has 78 valence electrons. The Morgan fingerprint density at radius 2 is 2.00 bits per heavy atom. The lowest BCUT2D eigenvalue weighted by Crippen LogP contribution is -2.38. The van der Waals surface area contributed by atoms with Crippen LogP contribution in [0.3, 0.4) is 0 Å². The zero-order valence-electron chi connectivity index (χ0n) is 9.14. The van der Waals surface area contributed by atoms with Crippen molar-refractivity contribution in [1.82, 2.24) is 5.32 Å². The highest BCUT2D eigenvalue weighted by atomic mass is 16.5. The molecule has 0 aromatic rings. The average molecular weight is 187 g/mol. The fourth-order valence-corrected chi connectivity index (χ4v) is 0.926. The summed E-state index contributed by atoms with van der Waals surface area (Å²) in [6, 6.07) is 0. The van der Waals surface area contributed by atoms with Gasteiger partial charge in [0.05, 0.1) is 0 Å². The number of ketones is 1. The smallest absolute Gasteiger partial charge is 0.165 e. The molecule has 1 N–H and O–H groups in total. The lowest BCUT2D eigenvalue weighted by atomic mass is 9.88. The van der Waals surface area contributed by atoms with Gasteiger partial charge in [-0.15, -0.1) is 0 Å². The minimum Gasteiger partial charge on any atom is -0.374 e. The summed E-state index contributed by atoms with van der Waals surface area (Å²) in [5, 5.41) is 3.17. The molecule has 3 nitrogen and oxygen atoms in total. The molecule has 0 atom stereocenters. The molecule has 0 amide bonds. The van der Waals surface area contributed by atoms with Crippen LogP contribution in [0.15, 0.2) is 0 Å². The van der Waals surface area contributed by atoms with Crippen molar-refractivity contribution in [3.8, 4) is 0 Å². The van der Waals surface area contributed by atoms with E-state index in [4.69, 9.17) is 4.74 Å². The molecule has 0 aromatic heterocycles. The largest absolute Gasteiger partial charge is 0.374 e. The number of carbonyl (C=O) groups is 1. The topological polar surface area (TPSA) is 38.3 Å². The van der Waals surface area contributed by atoms with Gasteiger partial charge in [0.1, 0.15) is 6.61 Å². The van der Waals surface area contributed by atoms with Crippen LogP contribution in [-0.2, 0) is 9.53 Å². The molecule has 0 fully saturated rings. The van der Waals surface area contributed by atoms with Crippen LogP contribution in [0.1, 0.15) is 27.7 Å². The Morgan fingerprint density at radius 1 is 1.38 bits per heavy atom. The molecule has 0 saturated carbocycles. The van der Waals surface area contributed by atoms with Crippen molar-refractivity contribution in [3.05, 3.63) is 0 Å². The monoisotopic (exact) mass is 187 g/mol. The summed E-state index contributed by atoms with van der Waals surface area (Å²) in [4.78, 5) is 11.6. The van der Waals surface area contributed by atoms with Gasteiger partial charge < -0.3 is 10.1 Å². The van der Waals surface area contributed by atoms with Gasteiger partial charge in [0.2, 0.25) is 0 Å². The second kappa shape index (κ2) is 6.11. The van der Waals surface area contributed by atoms with Crippen molar-refractivity contribution in [2.75, 3.05) is 26.3 Å². The Morgan fingerprint density at radius 3 is 2.46 bits per heavy atom. The summed E-state index contributed by atoms with van der Waals surface area (Å²) in [6.07, 6.45) is 0. The highest BCUT2D eigenvalue weighted by Gasteiger charge is 2.26. The quantitative estimate of drug-likeness (QED) is 0.651. The molecule has 3 heteroatoms. The first-order chi connectivity index (χ1) is 6.04. The van der Waals surface area contributed by atoms with Crippen LogP contribution in [0, 0.1) is 5.41 Å². The van der Waals surface area contributed by atoms with Gasteiger partial charge in [-0.2, -0.15) is 0 Å². The van der Waals surface area contributed by atoms with Gasteiger partial charge in [-0.25, -0.2) is 0 Å². The van der Waals surface area contributed by atoms with E-state index in [9.17, 15) is 4.79 Å². The number of hydrogen-bond acceptors (Lipinski definition) is 3. The van der Waals surface area contributed by atoms with Crippen molar-refractivity contribution < 1.29 is 9.53 Å². The van der Waals surface area contributed by atoms with E-state index in [-0.39, 0.29) is 17.8 Å². The van der Waals surface area contributed by atoms with Crippen molar-refractivity contribution in [2.24, 2.45) is 5.41 Å². The van der Waals surface area contributed by atoms with Gasteiger partial charge in [-0.05, 0) is 13.5 Å². The fourth-order valence-electron chi connectivity index (χ4n) is 0.926. The van der Waals surface area contributed by atoms with E-state index in [1.165, 1.54) is 0 Å². The van der Waals surface area contributed by atoms with E-state index in [2.05, 4.69) is 5.32 Å². The first kappa shape index (κ1) is 12.6. The first-order valence-corrected chi connectivity index (χ1v) is 4.86. The highest BCUT2D eigenvalue weighted by molar-refractivity contribution is 5.85. The Kier molecular flexibility index (Phi) is 5.91. The van der Waals surface area contributed by atoms with Crippen molar-refractivity contribution >= 4 is 5.78 Å². The van der Waals surface area contributed by atoms with Gasteiger partial charge in [0.15, 0.2) is 5.78 Å². The van der Waals surface area contributed by atoms with Crippen LogP contribution >= 0.6 is 0 Å². The maximum atomic E-state index is 11.6. The third-order valence-corrected chi connectivity index (χ3v) is 2.01. The molecule has 0 bridgehead atoms. The van der Waals surface area contributed by atoms with Crippen molar-refractivity contribution in [3.63, 3.8) is 0 Å². The normalized spacial score (nSPS) is 11.7. The number of carbonyl (C=O) groups excluding carboxylic acids is 1. The Bertz CT molecular complexity index is 155. The highest BCUT2D eigenvalue weighted by Crippen LogP contribution is 2.15. The Hall–Kier alpha value is -0.410. The molecule has 0 aromatic carbocycles. The van der Waals surface area contributed by atoms with Crippen molar-refractivity contribution in [1.29, 1.82) is 0 Å². The molecule has 0 aliphatic carbocycles. The summed E-state index contributed by atoms with van der Waals surface area (Å²) >= 11 is 0. The van der Waals surface area contributed by atoms with E-state index >= 15 is 0 Å². The van der Waals surface area contributed by atoms with Crippen LogP contribution < -0.4 is 5.32 Å². The predicted octanol–water partition coefficient (Wildman–Crippen LogP) is 1.23. The standard InChI is InChI=1S/C10H21NO2/c1-5-11-8-10(3,4)9(12)7-13-6-2/h11H,5-8H2,1-4H3. The molecule has 13 heavy (non-hydrogen) atoms. The van der Waals surface area contributed by atoms with E-state index in [1.54, 1.807) is 0 Å². The summed E-state index contributed by atoms with van der Waals surface area (Å²) in [5.41, 5.74) is -0.314. The third kappa shape index (κ3) is 5.01. The SMILES string of the molecule is CCNCC(C)(C)C(=O)COCC. The Labute approximate surface area is 80.8 Å². The Balaban J connectivity index is 3.87. The molecule has 0 aliphatic heterocycles. The zero-order valence-corrected chi connectivity index (χ0v) is 9.14. The second-order valence-electron chi connectivity index (χ2n) is 3.72. The van der Waals surface area contributed by atoms with Gasteiger partial charge in [-0.1, -0.05) is 20.8 Å². The van der Waals surface area contributed by atoms with E-state index in [0.29, 0.717) is 6.61 Å². The molecule has 0 radical (unpaired) electrons. The minimum atomic E-state index is -0.314. The number of rotatable bonds is 7. The molecule has 0 heterocycles. The first-order valence-electron chi connectivity index (χ1n) is 4.86. The number of ether oxygens (including phenoxy) is 1. The maximum Gasteiger partial charge on any atom is 0.165 e. The van der Waals surface area contributed by atoms with Crippen molar-refractivity contribution in [2.45, 2.75) is 27.7 Å². The summed E-state index contributed by atoms with van der Waals surface area (Å²) in [5.74, 6) is 0.162. The molecular weight excluding hydrogens is 166 g/mol. The van der Waals surface area contributed by atoms with E-state index in [1.807, 2.05) is 27.7 Å². The molecule has 0 unspecified atom stereocenters. The van der Waals surface area contributed by atoms with Crippen LogP contribution in [0.5, 0.6) is 0 Å². The molecule has 0 aliphatic rings. The lowest BCUT2D eigenvalue weighted by Gasteiger charge is -2.22. The lowest BCUT2D eigenvalue weighted by molar-refractivity contribution is -0.131. The maximum absolute atomic E-state index is 11.6. The molecule has 0 rings (SSSR count). The fraction of sp³-hybridized carbons (Fsp3) is 0.900. The van der Waals surface area contributed by atoms with Crippen LogP contribution in [-0.4, -0.2) is 32.1 Å². The molecule has 0 spiro atoms. The number of nitrogens with one attached hydrogen (secondary N) is 1. The molecular formula is C10H21NO2. The summed E-state index contributed by atoms with van der Waals surface area (Å²) < 4.78 is 5.08. The summed E-state index contributed by atoms with van der Waals surface area (Å²) in [7, 11) is 0. The van der Waals surface area contributed by atoms with E-state index < -0.39 is 0 Å². The molecule has 0 saturated heterocycles. The zero-order chi connectivity index (χ0) is 10.3. The van der Waals surface area contributed by atoms with Crippen LogP contribution in [0.4, 0.5) is 0 Å². The average Bonchev–Trinajstić information content (AvgIpc) is 2.10. The number of hydrogen-bond donors (Lipinski definition) is 1. The van der Waals surface area contributed by atoms with Gasteiger partial charge in [-0.3, -0.25) is 4.79 Å². The van der Waals surface area contributed by atoms with Gasteiger partial charge in [0, 0.05) is 18.6 Å². The third-order valence-electron chi connectivity index (χ3n) is 2.01. The predicted molar refractivity (Wildman–Crippen MR) is 53.8 cm³/mol. The summed E-state index contributed by atoms with van der Waals surface area (Å²) in [6.45, 7) is 10.3. The number of Topliss-reactive ketones (excluding diaryl/α,β-unsaturated/α-hetero) is 1. The van der Waals surface area contributed by atoms with Crippen LogP contribution in [0.2, 0.25) is 0 Å². The second-order valence-corrected chi connectivity index (χ2v) is 3.72. The minimum absolute atomic E-state index is 0.162. The van der Waals surface area contributed by atoms with Crippen LogP contribution in [0.25, 0.3) is 0 Å².